The Morgan fingerprint density at radius 1 is 1.44 bits per heavy atom. The maximum absolute atomic E-state index is 11.9. The molecule has 0 saturated heterocycles. The van der Waals surface area contributed by atoms with Crippen LogP contribution in [0.3, 0.4) is 0 Å². The number of likely N-dealkylation sites (N-methyl/N-ethyl adjacent to an activating group) is 1. The van der Waals surface area contributed by atoms with Gasteiger partial charge in [0.25, 0.3) is 0 Å². The van der Waals surface area contributed by atoms with Crippen molar-refractivity contribution in [3.05, 3.63) is 22.7 Å². The number of hydrogen-bond donors (Lipinski definition) is 2. The molecule has 0 heterocycles. The Balaban J connectivity index is 2.87. The summed E-state index contributed by atoms with van der Waals surface area (Å²) in [6.45, 7) is -0.280. The predicted octanol–water partition coefficient (Wildman–Crippen LogP) is 0.398. The highest BCUT2D eigenvalue weighted by Gasteiger charge is 2.16. The van der Waals surface area contributed by atoms with E-state index in [0.717, 1.165) is 0 Å². The minimum absolute atomic E-state index is 0.0510. The number of rotatable bonds is 4. The average molecular weight is 336 g/mol. The van der Waals surface area contributed by atoms with Crippen molar-refractivity contribution >= 4 is 37.5 Å². The van der Waals surface area contributed by atoms with Crippen LogP contribution in [0, 0.1) is 0 Å². The standard InChI is InChI=1S/C10H14BrN3O3S/c1-14(2)10(15)6-13-18(16,17)7-3-4-9(12)8(11)5-7/h3-5,13H,6,12H2,1-2H3. The summed E-state index contributed by atoms with van der Waals surface area (Å²) in [5.74, 6) is -0.326. The Kier molecular flexibility index (Phi) is 4.71. The predicted molar refractivity (Wildman–Crippen MR) is 72.4 cm³/mol. The van der Waals surface area contributed by atoms with Gasteiger partial charge in [-0.3, -0.25) is 4.79 Å². The van der Waals surface area contributed by atoms with Gasteiger partial charge < -0.3 is 10.6 Å². The molecule has 1 rings (SSSR count). The zero-order valence-electron chi connectivity index (χ0n) is 9.97. The fourth-order valence-corrected chi connectivity index (χ4v) is 2.60. The van der Waals surface area contributed by atoms with E-state index in [2.05, 4.69) is 20.7 Å². The first-order valence-electron chi connectivity index (χ1n) is 4.99. The molecule has 0 saturated carbocycles. The number of carbonyl (C=O) groups is 1. The molecule has 1 aromatic rings. The van der Waals surface area contributed by atoms with Crippen LogP contribution >= 0.6 is 15.9 Å². The fraction of sp³-hybridized carbons (Fsp3) is 0.300. The van der Waals surface area contributed by atoms with Gasteiger partial charge in [0.2, 0.25) is 15.9 Å². The molecule has 0 atom stereocenters. The summed E-state index contributed by atoms with van der Waals surface area (Å²) in [7, 11) is -0.607. The summed E-state index contributed by atoms with van der Waals surface area (Å²) in [6.07, 6.45) is 0. The van der Waals surface area contributed by atoms with Gasteiger partial charge in [0.05, 0.1) is 11.4 Å². The second-order valence-corrected chi connectivity index (χ2v) is 6.42. The summed E-state index contributed by atoms with van der Waals surface area (Å²) in [4.78, 5) is 12.7. The van der Waals surface area contributed by atoms with Crippen molar-refractivity contribution in [3.63, 3.8) is 0 Å². The summed E-state index contributed by atoms with van der Waals surface area (Å²) in [5.41, 5.74) is 6.01. The summed E-state index contributed by atoms with van der Waals surface area (Å²) in [5, 5.41) is 0. The molecule has 0 aliphatic rings. The molecule has 1 amide bonds. The van der Waals surface area contributed by atoms with Gasteiger partial charge in [-0.1, -0.05) is 0 Å². The van der Waals surface area contributed by atoms with Crippen molar-refractivity contribution in [2.45, 2.75) is 4.90 Å². The second kappa shape index (κ2) is 5.68. The molecule has 0 bridgehead atoms. The quantitative estimate of drug-likeness (QED) is 0.779. The van der Waals surface area contributed by atoms with Crippen molar-refractivity contribution in [1.82, 2.24) is 9.62 Å². The number of nitrogens with two attached hydrogens (primary N) is 1. The third kappa shape index (κ3) is 3.69. The lowest BCUT2D eigenvalue weighted by molar-refractivity contribution is -0.127. The Morgan fingerprint density at radius 2 is 2.06 bits per heavy atom. The van der Waals surface area contributed by atoms with Crippen LogP contribution in [0.1, 0.15) is 0 Å². The number of halogens is 1. The van der Waals surface area contributed by atoms with Gasteiger partial charge in [-0.05, 0) is 34.1 Å². The number of sulfonamides is 1. The Morgan fingerprint density at radius 3 is 2.56 bits per heavy atom. The summed E-state index contributed by atoms with van der Waals surface area (Å²) >= 11 is 3.15. The fourth-order valence-electron chi connectivity index (χ4n) is 1.07. The van der Waals surface area contributed by atoms with E-state index in [9.17, 15) is 13.2 Å². The number of benzene rings is 1. The van der Waals surface area contributed by atoms with Crippen LogP contribution in [-0.4, -0.2) is 39.9 Å². The van der Waals surface area contributed by atoms with Gasteiger partial charge in [0.15, 0.2) is 0 Å². The number of nitrogens with zero attached hydrogens (tertiary/aromatic N) is 1. The van der Waals surface area contributed by atoms with E-state index in [1.165, 1.54) is 23.1 Å². The highest BCUT2D eigenvalue weighted by atomic mass is 79.9. The maximum Gasteiger partial charge on any atom is 0.241 e. The van der Waals surface area contributed by atoms with Gasteiger partial charge in [0, 0.05) is 24.3 Å². The molecule has 0 spiro atoms. The molecular formula is C10H14BrN3O3S. The molecule has 8 heteroatoms. The first kappa shape index (κ1) is 14.9. The summed E-state index contributed by atoms with van der Waals surface area (Å²) < 4.78 is 26.5. The lowest BCUT2D eigenvalue weighted by Gasteiger charge is -2.11. The summed E-state index contributed by atoms with van der Waals surface area (Å²) in [6, 6.07) is 4.24. The number of hydrogen-bond acceptors (Lipinski definition) is 4. The van der Waals surface area contributed by atoms with Gasteiger partial charge in [-0.25, -0.2) is 13.1 Å². The van der Waals surface area contributed by atoms with Crippen LogP contribution in [0.4, 0.5) is 5.69 Å². The Labute approximate surface area is 114 Å². The minimum atomic E-state index is -3.71. The first-order chi connectivity index (χ1) is 8.24. The smallest absolute Gasteiger partial charge is 0.241 e. The van der Waals surface area contributed by atoms with Crippen LogP contribution in [-0.2, 0) is 14.8 Å². The molecule has 100 valence electrons. The number of nitrogens with one attached hydrogen (secondary N) is 1. The molecule has 18 heavy (non-hydrogen) atoms. The van der Waals surface area contributed by atoms with Crippen LogP contribution in [0.25, 0.3) is 0 Å². The van der Waals surface area contributed by atoms with Gasteiger partial charge in [-0.2, -0.15) is 0 Å². The molecule has 0 aromatic heterocycles. The maximum atomic E-state index is 11.9. The van der Waals surface area contributed by atoms with E-state index < -0.39 is 10.0 Å². The Bertz CT molecular complexity index is 557. The van der Waals surface area contributed by atoms with Crippen LogP contribution in [0.5, 0.6) is 0 Å². The molecule has 0 unspecified atom stereocenters. The van der Waals surface area contributed by atoms with E-state index >= 15 is 0 Å². The van der Waals surface area contributed by atoms with Crippen molar-refractivity contribution in [3.8, 4) is 0 Å². The minimum Gasteiger partial charge on any atom is -0.398 e. The zero-order valence-corrected chi connectivity index (χ0v) is 12.4. The topological polar surface area (TPSA) is 92.5 Å². The number of nitrogen functional groups attached to an aromatic ring is 1. The second-order valence-electron chi connectivity index (χ2n) is 3.80. The van der Waals surface area contributed by atoms with Crippen molar-refractivity contribution < 1.29 is 13.2 Å². The van der Waals surface area contributed by atoms with Crippen LogP contribution < -0.4 is 10.5 Å². The third-order valence-corrected chi connectivity index (χ3v) is 4.28. The number of anilines is 1. The number of carbonyl (C=O) groups excluding carboxylic acids is 1. The van der Waals surface area contributed by atoms with E-state index in [-0.39, 0.29) is 17.3 Å². The van der Waals surface area contributed by atoms with Crippen molar-refractivity contribution in [2.24, 2.45) is 0 Å². The normalized spacial score (nSPS) is 11.3. The van der Waals surface area contributed by atoms with Crippen molar-refractivity contribution in [2.75, 3.05) is 26.4 Å². The third-order valence-electron chi connectivity index (χ3n) is 2.19. The first-order valence-corrected chi connectivity index (χ1v) is 7.26. The molecular weight excluding hydrogens is 322 g/mol. The Hall–Kier alpha value is -1.12. The molecule has 1 aromatic carbocycles. The molecule has 3 N–H and O–H groups in total. The van der Waals surface area contributed by atoms with Crippen molar-refractivity contribution in [1.29, 1.82) is 0 Å². The molecule has 6 nitrogen and oxygen atoms in total. The number of amides is 1. The van der Waals surface area contributed by atoms with Gasteiger partial charge in [-0.15, -0.1) is 0 Å². The monoisotopic (exact) mass is 335 g/mol. The average Bonchev–Trinajstić information content (AvgIpc) is 2.29. The highest BCUT2D eigenvalue weighted by Crippen LogP contribution is 2.22. The van der Waals surface area contributed by atoms with Gasteiger partial charge >= 0.3 is 0 Å². The van der Waals surface area contributed by atoms with E-state index in [0.29, 0.717) is 10.2 Å². The van der Waals surface area contributed by atoms with E-state index in [1.54, 1.807) is 14.1 Å². The molecule has 0 aliphatic heterocycles. The zero-order chi connectivity index (χ0) is 13.9. The highest BCUT2D eigenvalue weighted by molar-refractivity contribution is 9.10. The molecule has 0 aliphatic carbocycles. The van der Waals surface area contributed by atoms with E-state index in [1.807, 2.05) is 0 Å². The van der Waals surface area contributed by atoms with Crippen LogP contribution in [0.15, 0.2) is 27.6 Å². The molecule has 0 radical (unpaired) electrons. The lowest BCUT2D eigenvalue weighted by Crippen LogP contribution is -2.36. The SMILES string of the molecule is CN(C)C(=O)CNS(=O)(=O)c1ccc(N)c(Br)c1. The largest absolute Gasteiger partial charge is 0.398 e. The lowest BCUT2D eigenvalue weighted by atomic mass is 10.3. The van der Waals surface area contributed by atoms with E-state index in [4.69, 9.17) is 5.73 Å². The van der Waals surface area contributed by atoms with Gasteiger partial charge in [0.1, 0.15) is 0 Å². The van der Waals surface area contributed by atoms with Crippen LogP contribution in [0.2, 0.25) is 0 Å². The molecule has 0 fully saturated rings.